The molecule has 4 aliphatic rings. The van der Waals surface area contributed by atoms with Gasteiger partial charge in [-0.05, 0) is 62.8 Å². The summed E-state index contributed by atoms with van der Waals surface area (Å²) in [5.74, 6) is 1.69. The second kappa shape index (κ2) is 10.2. The van der Waals surface area contributed by atoms with E-state index in [0.717, 1.165) is 36.6 Å². The van der Waals surface area contributed by atoms with Crippen molar-refractivity contribution < 1.29 is 9.47 Å². The second-order valence-corrected chi connectivity index (χ2v) is 8.48. The summed E-state index contributed by atoms with van der Waals surface area (Å²) >= 11 is 5.36. The van der Waals surface area contributed by atoms with Gasteiger partial charge in [0.25, 0.3) is 0 Å². The van der Waals surface area contributed by atoms with Crippen LogP contribution in [-0.2, 0) is 9.47 Å². The van der Waals surface area contributed by atoms with Gasteiger partial charge in [0.15, 0.2) is 5.11 Å². The van der Waals surface area contributed by atoms with Crippen LogP contribution in [0.4, 0.5) is 0 Å². The summed E-state index contributed by atoms with van der Waals surface area (Å²) in [6.07, 6.45) is 5.30. The monoisotopic (exact) mass is 384 g/mol. The largest absolute Gasteiger partial charge is 0.383 e. The van der Waals surface area contributed by atoms with E-state index in [4.69, 9.17) is 21.7 Å². The maximum absolute atomic E-state index is 5.43. The van der Waals surface area contributed by atoms with E-state index in [-0.39, 0.29) is 0 Å². The second-order valence-electron chi connectivity index (χ2n) is 8.07. The van der Waals surface area contributed by atoms with Crippen LogP contribution in [0.25, 0.3) is 0 Å². The number of thiocarbonyl (C=S) groups is 1. The van der Waals surface area contributed by atoms with Gasteiger partial charge in [-0.15, -0.1) is 0 Å². The zero-order valence-electron chi connectivity index (χ0n) is 16.4. The Hall–Kier alpha value is -0.470. The molecule has 2 bridgehead atoms. The number of nitrogens with one attached hydrogen (secondary N) is 2. The summed E-state index contributed by atoms with van der Waals surface area (Å²) < 4.78 is 10.5. The third kappa shape index (κ3) is 5.29. The highest BCUT2D eigenvalue weighted by molar-refractivity contribution is 7.80. The Labute approximate surface area is 163 Å². The molecule has 26 heavy (non-hydrogen) atoms. The predicted molar refractivity (Wildman–Crippen MR) is 109 cm³/mol. The van der Waals surface area contributed by atoms with Crippen LogP contribution in [0.1, 0.15) is 25.7 Å². The van der Waals surface area contributed by atoms with E-state index in [1.807, 2.05) is 7.11 Å². The first kappa shape index (κ1) is 20.3. The number of hydrogen-bond donors (Lipinski definition) is 2. The molecule has 150 valence electrons. The first-order valence-corrected chi connectivity index (χ1v) is 10.6. The Kier molecular flexibility index (Phi) is 7.93. The lowest BCUT2D eigenvalue weighted by Crippen LogP contribution is -2.59. The molecule has 7 heteroatoms. The van der Waals surface area contributed by atoms with Gasteiger partial charge in [-0.2, -0.15) is 0 Å². The molecule has 4 fully saturated rings. The van der Waals surface area contributed by atoms with Crippen LogP contribution < -0.4 is 10.6 Å². The molecule has 0 amide bonds. The van der Waals surface area contributed by atoms with Gasteiger partial charge in [-0.3, -0.25) is 9.80 Å². The molecule has 5 unspecified atom stereocenters. The van der Waals surface area contributed by atoms with Crippen LogP contribution in [0.3, 0.4) is 0 Å². The van der Waals surface area contributed by atoms with Crippen molar-refractivity contribution >= 4 is 17.3 Å². The highest BCUT2D eigenvalue weighted by Crippen LogP contribution is 2.37. The van der Waals surface area contributed by atoms with Gasteiger partial charge in [0, 0.05) is 52.5 Å². The molecule has 0 spiro atoms. The number of nitrogens with zero attached hydrogens (tertiary/aromatic N) is 2. The molecular weight excluding hydrogens is 348 g/mol. The molecule has 4 saturated heterocycles. The lowest BCUT2D eigenvalue weighted by atomic mass is 9.75. The zero-order valence-corrected chi connectivity index (χ0v) is 17.2. The SMILES string of the molecule is COCCNC(=S)NCC1CC2CCN1CC2CN1CCCC1COC. The first-order chi connectivity index (χ1) is 12.7. The van der Waals surface area contributed by atoms with E-state index >= 15 is 0 Å². The Balaban J connectivity index is 1.42. The van der Waals surface area contributed by atoms with Crippen molar-refractivity contribution in [1.29, 1.82) is 0 Å². The fourth-order valence-corrected chi connectivity index (χ4v) is 5.21. The minimum absolute atomic E-state index is 0.625. The quantitative estimate of drug-likeness (QED) is 0.453. The lowest BCUT2D eigenvalue weighted by Gasteiger charge is -2.51. The minimum atomic E-state index is 0.625. The molecule has 0 aromatic carbocycles. The Morgan fingerprint density at radius 3 is 2.73 bits per heavy atom. The van der Waals surface area contributed by atoms with Crippen LogP contribution >= 0.6 is 12.2 Å². The first-order valence-electron chi connectivity index (χ1n) is 10.2. The smallest absolute Gasteiger partial charge is 0.166 e. The Morgan fingerprint density at radius 2 is 2.00 bits per heavy atom. The van der Waals surface area contributed by atoms with Gasteiger partial charge in [0.05, 0.1) is 13.2 Å². The van der Waals surface area contributed by atoms with E-state index in [1.165, 1.54) is 51.9 Å². The van der Waals surface area contributed by atoms with Gasteiger partial charge >= 0.3 is 0 Å². The molecule has 0 saturated carbocycles. The molecule has 4 heterocycles. The van der Waals surface area contributed by atoms with Crippen LogP contribution in [0.2, 0.25) is 0 Å². The fraction of sp³-hybridized carbons (Fsp3) is 0.947. The maximum atomic E-state index is 5.43. The number of fused-ring (bicyclic) bond motifs is 3. The molecule has 4 rings (SSSR count). The van der Waals surface area contributed by atoms with Gasteiger partial charge in [0.2, 0.25) is 0 Å². The standard InChI is InChI=1S/C19H36N4O2S/c1-24-9-6-20-19(26)21-11-18-10-15-5-8-23(18)13-16(15)12-22-7-3-4-17(22)14-25-2/h15-18H,3-14H2,1-2H3,(H2,20,21,26). The van der Waals surface area contributed by atoms with E-state index in [0.29, 0.717) is 18.7 Å². The summed E-state index contributed by atoms with van der Waals surface area (Å²) in [6, 6.07) is 1.27. The van der Waals surface area contributed by atoms with Crippen LogP contribution in [-0.4, -0.2) is 93.7 Å². The molecule has 6 nitrogen and oxygen atoms in total. The summed E-state index contributed by atoms with van der Waals surface area (Å²) in [7, 11) is 3.54. The van der Waals surface area contributed by atoms with Crippen LogP contribution in [0, 0.1) is 11.8 Å². The van der Waals surface area contributed by atoms with Gasteiger partial charge in [0.1, 0.15) is 0 Å². The number of hydrogen-bond acceptors (Lipinski definition) is 5. The summed E-state index contributed by atoms with van der Waals surface area (Å²) in [5, 5.41) is 7.35. The highest BCUT2D eigenvalue weighted by Gasteiger charge is 2.41. The maximum Gasteiger partial charge on any atom is 0.166 e. The summed E-state index contributed by atoms with van der Waals surface area (Å²) in [5.41, 5.74) is 0. The van der Waals surface area contributed by atoms with Crippen molar-refractivity contribution in [3.05, 3.63) is 0 Å². The molecule has 0 aromatic rings. The highest BCUT2D eigenvalue weighted by atomic mass is 32.1. The fourth-order valence-electron chi connectivity index (χ4n) is 5.03. The number of ether oxygens (including phenoxy) is 2. The molecular formula is C19H36N4O2S. The molecule has 5 atom stereocenters. The van der Waals surface area contributed by atoms with E-state index in [1.54, 1.807) is 7.11 Å². The van der Waals surface area contributed by atoms with Crippen molar-refractivity contribution in [2.75, 3.05) is 66.7 Å². The van der Waals surface area contributed by atoms with Crippen molar-refractivity contribution in [3.63, 3.8) is 0 Å². The van der Waals surface area contributed by atoms with Crippen molar-refractivity contribution in [1.82, 2.24) is 20.4 Å². The van der Waals surface area contributed by atoms with E-state index < -0.39 is 0 Å². The van der Waals surface area contributed by atoms with Crippen LogP contribution in [0.5, 0.6) is 0 Å². The van der Waals surface area contributed by atoms with Crippen molar-refractivity contribution in [2.45, 2.75) is 37.8 Å². The molecule has 0 aromatic heterocycles. The van der Waals surface area contributed by atoms with Gasteiger partial charge in [-0.1, -0.05) is 0 Å². The van der Waals surface area contributed by atoms with Gasteiger partial charge in [-0.25, -0.2) is 0 Å². The van der Waals surface area contributed by atoms with E-state index in [2.05, 4.69) is 20.4 Å². The minimum Gasteiger partial charge on any atom is -0.383 e. The number of methoxy groups -OCH3 is 2. The third-order valence-corrected chi connectivity index (χ3v) is 6.72. The Bertz CT molecular complexity index is 453. The van der Waals surface area contributed by atoms with Crippen molar-refractivity contribution in [2.24, 2.45) is 11.8 Å². The van der Waals surface area contributed by atoms with Crippen molar-refractivity contribution in [3.8, 4) is 0 Å². The molecule has 2 N–H and O–H groups in total. The van der Waals surface area contributed by atoms with Crippen LogP contribution in [0.15, 0.2) is 0 Å². The molecule has 0 radical (unpaired) electrons. The normalized spacial score (nSPS) is 34.2. The number of piperidine rings is 3. The van der Waals surface area contributed by atoms with E-state index in [9.17, 15) is 0 Å². The third-order valence-electron chi connectivity index (χ3n) is 6.43. The Morgan fingerprint density at radius 1 is 1.12 bits per heavy atom. The topological polar surface area (TPSA) is 49.0 Å². The summed E-state index contributed by atoms with van der Waals surface area (Å²) in [6.45, 7) is 8.30. The number of likely N-dealkylation sites (tertiary alicyclic amines) is 1. The zero-order chi connectivity index (χ0) is 18.4. The summed E-state index contributed by atoms with van der Waals surface area (Å²) in [4.78, 5) is 5.38. The average Bonchev–Trinajstić information content (AvgIpc) is 3.08. The lowest BCUT2D eigenvalue weighted by molar-refractivity contribution is -0.0158. The number of rotatable bonds is 9. The van der Waals surface area contributed by atoms with Gasteiger partial charge < -0.3 is 20.1 Å². The molecule has 4 aliphatic heterocycles. The molecule has 0 aliphatic carbocycles. The predicted octanol–water partition coefficient (Wildman–Crippen LogP) is 0.918. The average molecular weight is 385 g/mol.